The topological polar surface area (TPSA) is 132 Å². The number of nitrogen functional groups attached to an aromatic ring is 1. The third-order valence-corrected chi connectivity index (χ3v) is 6.93. The van der Waals surface area contributed by atoms with Crippen molar-refractivity contribution in [3.63, 3.8) is 0 Å². The van der Waals surface area contributed by atoms with E-state index in [1.807, 2.05) is 6.92 Å². The smallest absolute Gasteiger partial charge is 0.414 e. The maximum atomic E-state index is 15.3. The molecule has 0 radical (unpaired) electrons. The summed E-state index contributed by atoms with van der Waals surface area (Å²) in [6, 6.07) is 2.73. The number of nitrogens with one attached hydrogen (secondary N) is 2. The average Bonchev–Trinajstić information content (AvgIpc) is 3.04. The van der Waals surface area contributed by atoms with E-state index in [4.69, 9.17) is 15.2 Å². The van der Waals surface area contributed by atoms with Gasteiger partial charge in [-0.3, -0.25) is 4.79 Å². The summed E-state index contributed by atoms with van der Waals surface area (Å²) in [5.74, 6) is -0.159. The van der Waals surface area contributed by atoms with Crippen LogP contribution in [0.4, 0.5) is 20.6 Å². The van der Waals surface area contributed by atoms with Crippen molar-refractivity contribution in [2.24, 2.45) is 5.41 Å². The van der Waals surface area contributed by atoms with Gasteiger partial charge >= 0.3 is 6.09 Å². The van der Waals surface area contributed by atoms with Crippen LogP contribution in [0.3, 0.4) is 0 Å². The fraction of sp³-hybridized carbons (Fsp3) is 0.360. The summed E-state index contributed by atoms with van der Waals surface area (Å²) in [6.07, 6.45) is 2.18. The van der Waals surface area contributed by atoms with Crippen LogP contribution >= 0.6 is 0 Å². The molecule has 11 heteroatoms. The molecule has 36 heavy (non-hydrogen) atoms. The molecule has 1 fully saturated rings. The van der Waals surface area contributed by atoms with Gasteiger partial charge in [-0.1, -0.05) is 0 Å². The largest absolute Gasteiger partial charge is 0.474 e. The Balaban J connectivity index is 1.45. The number of hydrogen-bond acceptors (Lipinski definition) is 8. The Hall–Kier alpha value is -4.15. The molecule has 3 aromatic rings. The van der Waals surface area contributed by atoms with Crippen LogP contribution in [-0.2, 0) is 4.79 Å². The van der Waals surface area contributed by atoms with Crippen molar-refractivity contribution in [2.45, 2.75) is 26.8 Å². The number of amides is 2. The van der Waals surface area contributed by atoms with Crippen LogP contribution in [-0.4, -0.2) is 59.7 Å². The second-order valence-corrected chi connectivity index (χ2v) is 9.64. The average molecular weight is 495 g/mol. The predicted molar refractivity (Wildman–Crippen MR) is 132 cm³/mol. The number of ether oxygens (including phenoxy) is 2. The molecule has 2 aliphatic rings. The molecule has 4 N–H and O–H groups in total. The zero-order valence-corrected chi connectivity index (χ0v) is 20.4. The number of likely N-dealkylation sites (N-methyl/N-ethyl adjacent to an activating group) is 1. The number of pyridine rings is 2. The van der Waals surface area contributed by atoms with Crippen molar-refractivity contribution < 1.29 is 23.5 Å². The molecule has 4 heterocycles. The fourth-order valence-electron chi connectivity index (χ4n) is 4.74. The first kappa shape index (κ1) is 23.6. The molecule has 0 saturated carbocycles. The Bertz CT molecular complexity index is 1410. The summed E-state index contributed by atoms with van der Waals surface area (Å²) in [5.41, 5.74) is 7.62. The number of nitrogens with two attached hydrogens (primary N) is 1. The highest BCUT2D eigenvalue weighted by Gasteiger charge is 2.46. The van der Waals surface area contributed by atoms with Gasteiger partial charge in [0.2, 0.25) is 17.7 Å². The minimum atomic E-state index is -0.758. The quantitative estimate of drug-likeness (QED) is 0.474. The van der Waals surface area contributed by atoms with Gasteiger partial charge in [-0.2, -0.15) is 0 Å². The molecular formula is C25H27FN6O4. The molecule has 0 spiro atoms. The van der Waals surface area contributed by atoms with Crippen molar-refractivity contribution in [2.75, 3.05) is 37.8 Å². The fourth-order valence-corrected chi connectivity index (χ4v) is 4.74. The normalized spacial score (nSPS) is 18.4. The first-order valence-electron chi connectivity index (χ1n) is 11.6. The number of likely N-dealkylation sites (tertiary alicyclic amines) is 1. The van der Waals surface area contributed by atoms with Gasteiger partial charge in [-0.05, 0) is 37.8 Å². The van der Waals surface area contributed by atoms with Crippen LogP contribution in [0.1, 0.15) is 19.4 Å². The summed E-state index contributed by atoms with van der Waals surface area (Å²) in [6.45, 7) is 6.91. The molecule has 0 bridgehead atoms. The molecular weight excluding hydrogens is 467 g/mol. The van der Waals surface area contributed by atoms with E-state index in [0.717, 1.165) is 5.56 Å². The van der Waals surface area contributed by atoms with E-state index in [1.54, 1.807) is 38.1 Å². The van der Waals surface area contributed by atoms with Crippen molar-refractivity contribution in [1.82, 2.24) is 20.2 Å². The lowest BCUT2D eigenvalue weighted by Crippen LogP contribution is -2.46. The van der Waals surface area contributed by atoms with E-state index in [0.29, 0.717) is 47.6 Å². The molecule has 1 atom stereocenters. The van der Waals surface area contributed by atoms with Crippen LogP contribution in [0.2, 0.25) is 0 Å². The third kappa shape index (κ3) is 3.80. The standard InChI is InChI=1S/C25H27FN6O4/c1-12-15(9-30-22-21(12)28-5-6-35-22)14-7-13-8-18(29-10-16(13)20(27)19(14)26)36-24(34)31-17-11-32(4)23(33)25(17,2)3/h7-10,17,28H,5-6,11,27H2,1-4H3,(H,31,34)/t17-/m1/s1. The van der Waals surface area contributed by atoms with E-state index in [2.05, 4.69) is 20.6 Å². The highest BCUT2D eigenvalue weighted by Crippen LogP contribution is 2.39. The first-order valence-corrected chi connectivity index (χ1v) is 11.6. The third-order valence-electron chi connectivity index (χ3n) is 6.93. The Kier molecular flexibility index (Phi) is 5.57. The molecule has 2 aromatic heterocycles. The van der Waals surface area contributed by atoms with E-state index in [1.165, 1.54) is 12.3 Å². The van der Waals surface area contributed by atoms with Crippen molar-refractivity contribution in [1.29, 1.82) is 0 Å². The number of carbonyl (C=O) groups is 2. The minimum absolute atomic E-state index is 0.0165. The van der Waals surface area contributed by atoms with E-state index < -0.39 is 23.4 Å². The number of nitrogens with zero attached hydrogens (tertiary/aromatic N) is 3. The van der Waals surface area contributed by atoms with Gasteiger partial charge in [-0.15, -0.1) is 0 Å². The van der Waals surface area contributed by atoms with Crippen LogP contribution in [0.5, 0.6) is 11.8 Å². The maximum Gasteiger partial charge on any atom is 0.414 e. The van der Waals surface area contributed by atoms with Crippen molar-refractivity contribution in [3.05, 3.63) is 35.9 Å². The molecule has 2 aliphatic heterocycles. The zero-order valence-electron chi connectivity index (χ0n) is 20.4. The van der Waals surface area contributed by atoms with Gasteiger partial charge in [0.05, 0.1) is 17.1 Å². The first-order chi connectivity index (χ1) is 17.1. The summed E-state index contributed by atoms with van der Waals surface area (Å²) in [7, 11) is 1.69. The lowest BCUT2D eigenvalue weighted by Gasteiger charge is -2.23. The molecule has 10 nitrogen and oxygen atoms in total. The van der Waals surface area contributed by atoms with Gasteiger partial charge < -0.3 is 30.7 Å². The number of rotatable bonds is 3. The zero-order chi connectivity index (χ0) is 25.8. The second-order valence-electron chi connectivity index (χ2n) is 9.64. The Morgan fingerprint density at radius 2 is 2.08 bits per heavy atom. The van der Waals surface area contributed by atoms with Crippen molar-refractivity contribution >= 4 is 34.1 Å². The molecule has 5 rings (SSSR count). The van der Waals surface area contributed by atoms with Gasteiger partial charge in [0.1, 0.15) is 12.3 Å². The number of hydrogen-bond donors (Lipinski definition) is 3. The van der Waals surface area contributed by atoms with Gasteiger partial charge in [-0.25, -0.2) is 19.2 Å². The van der Waals surface area contributed by atoms with Crippen molar-refractivity contribution in [3.8, 4) is 22.9 Å². The lowest BCUT2D eigenvalue weighted by atomic mass is 9.87. The Morgan fingerprint density at radius 3 is 2.81 bits per heavy atom. The van der Waals surface area contributed by atoms with Gasteiger partial charge in [0.15, 0.2) is 5.82 Å². The highest BCUT2D eigenvalue weighted by molar-refractivity contribution is 5.98. The van der Waals surface area contributed by atoms with E-state index >= 15 is 4.39 Å². The van der Waals surface area contributed by atoms with Crippen LogP contribution in [0.15, 0.2) is 24.5 Å². The maximum absolute atomic E-state index is 15.3. The van der Waals surface area contributed by atoms with Crippen LogP contribution in [0.25, 0.3) is 21.9 Å². The SMILES string of the molecule is Cc1c(-c2cc3cc(OC(=O)N[C@@H]4CN(C)C(=O)C4(C)C)ncc3c(N)c2F)cnc2c1NCCO2. The number of aromatic nitrogens is 2. The van der Waals surface area contributed by atoms with E-state index in [9.17, 15) is 9.59 Å². The molecule has 2 amide bonds. The number of anilines is 2. The molecule has 0 aliphatic carbocycles. The van der Waals surface area contributed by atoms with Gasteiger partial charge in [0.25, 0.3) is 0 Å². The Labute approximate surface area is 207 Å². The predicted octanol–water partition coefficient (Wildman–Crippen LogP) is 3.09. The Morgan fingerprint density at radius 1 is 1.31 bits per heavy atom. The number of fused-ring (bicyclic) bond motifs is 2. The number of halogens is 1. The van der Waals surface area contributed by atoms with Gasteiger partial charge in [0, 0.05) is 55.1 Å². The summed E-state index contributed by atoms with van der Waals surface area (Å²) in [5, 5.41) is 6.92. The molecule has 1 saturated heterocycles. The molecule has 0 unspecified atom stereocenters. The minimum Gasteiger partial charge on any atom is -0.474 e. The van der Waals surface area contributed by atoms with Crippen LogP contribution in [0, 0.1) is 18.2 Å². The van der Waals surface area contributed by atoms with E-state index in [-0.39, 0.29) is 23.0 Å². The number of carbonyl (C=O) groups excluding carboxylic acids is 2. The lowest BCUT2D eigenvalue weighted by molar-refractivity contribution is -0.133. The molecule has 188 valence electrons. The number of benzene rings is 1. The monoisotopic (exact) mass is 494 g/mol. The second kappa shape index (κ2) is 8.51. The summed E-state index contributed by atoms with van der Waals surface area (Å²) in [4.78, 5) is 34.9. The highest BCUT2D eigenvalue weighted by atomic mass is 19.1. The summed E-state index contributed by atoms with van der Waals surface area (Å²) >= 11 is 0. The van der Waals surface area contributed by atoms with Crippen LogP contribution < -0.4 is 25.8 Å². The summed E-state index contributed by atoms with van der Waals surface area (Å²) < 4.78 is 26.3. The molecule has 1 aromatic carbocycles.